The zero-order chi connectivity index (χ0) is 12.8. The highest BCUT2D eigenvalue weighted by molar-refractivity contribution is 5.72. The van der Waals surface area contributed by atoms with Gasteiger partial charge in [-0.15, -0.1) is 0 Å². The number of carbonyl (C=O) groups excluding carboxylic acids is 1. The Hall–Kier alpha value is -1.65. The molecule has 0 aliphatic heterocycles. The number of rotatable bonds is 5. The van der Waals surface area contributed by atoms with Gasteiger partial charge in [-0.25, -0.2) is 0 Å². The highest BCUT2D eigenvalue weighted by Crippen LogP contribution is 2.18. The Morgan fingerprint density at radius 3 is 2.82 bits per heavy atom. The SMILES string of the molecule is C=Cc1cccc(C(O)C(O)CNC(C)=O)c1. The van der Waals surface area contributed by atoms with Crippen molar-refractivity contribution in [3.63, 3.8) is 0 Å². The van der Waals surface area contributed by atoms with Crippen LogP contribution in [-0.4, -0.2) is 28.8 Å². The van der Waals surface area contributed by atoms with Crippen LogP contribution >= 0.6 is 0 Å². The van der Waals surface area contributed by atoms with Crippen LogP contribution in [0.2, 0.25) is 0 Å². The van der Waals surface area contributed by atoms with Gasteiger partial charge in [0.15, 0.2) is 0 Å². The molecule has 4 nitrogen and oxygen atoms in total. The van der Waals surface area contributed by atoms with Crippen LogP contribution in [0.15, 0.2) is 30.8 Å². The van der Waals surface area contributed by atoms with Gasteiger partial charge in [0, 0.05) is 13.5 Å². The molecule has 2 unspecified atom stereocenters. The Balaban J connectivity index is 2.70. The highest BCUT2D eigenvalue weighted by atomic mass is 16.3. The molecular weight excluding hydrogens is 218 g/mol. The molecule has 0 saturated heterocycles. The lowest BCUT2D eigenvalue weighted by atomic mass is 10.0. The first-order chi connectivity index (χ1) is 8.04. The van der Waals surface area contributed by atoms with E-state index >= 15 is 0 Å². The molecule has 92 valence electrons. The molecule has 0 fully saturated rings. The number of aliphatic hydroxyl groups is 2. The van der Waals surface area contributed by atoms with Crippen LogP contribution in [0.5, 0.6) is 0 Å². The summed E-state index contributed by atoms with van der Waals surface area (Å²) in [7, 11) is 0. The maximum absolute atomic E-state index is 10.7. The third-order valence-electron chi connectivity index (χ3n) is 2.41. The van der Waals surface area contributed by atoms with E-state index in [1.54, 1.807) is 24.3 Å². The average molecular weight is 235 g/mol. The van der Waals surface area contributed by atoms with Crippen LogP contribution in [0, 0.1) is 0 Å². The van der Waals surface area contributed by atoms with Gasteiger partial charge >= 0.3 is 0 Å². The third-order valence-corrected chi connectivity index (χ3v) is 2.41. The second-order valence-electron chi connectivity index (χ2n) is 3.82. The molecule has 1 amide bonds. The molecule has 1 rings (SSSR count). The van der Waals surface area contributed by atoms with Gasteiger partial charge in [0.2, 0.25) is 5.91 Å². The van der Waals surface area contributed by atoms with Gasteiger partial charge in [0.25, 0.3) is 0 Å². The summed E-state index contributed by atoms with van der Waals surface area (Å²) in [6, 6.07) is 7.09. The van der Waals surface area contributed by atoms with Crippen molar-refractivity contribution >= 4 is 12.0 Å². The van der Waals surface area contributed by atoms with Crippen LogP contribution in [0.4, 0.5) is 0 Å². The number of hydrogen-bond acceptors (Lipinski definition) is 3. The predicted octanol–water partition coefficient (Wildman–Crippen LogP) is 0.860. The molecule has 0 radical (unpaired) electrons. The van der Waals surface area contributed by atoms with E-state index in [1.807, 2.05) is 6.07 Å². The Kier molecular flexibility index (Phi) is 4.87. The molecule has 0 aliphatic carbocycles. The fraction of sp³-hybridized carbons (Fsp3) is 0.308. The Bertz CT molecular complexity index is 403. The lowest BCUT2D eigenvalue weighted by Gasteiger charge is -2.18. The molecular formula is C13H17NO3. The minimum atomic E-state index is -1.03. The molecule has 17 heavy (non-hydrogen) atoms. The molecule has 1 aromatic carbocycles. The molecule has 3 N–H and O–H groups in total. The first-order valence-electron chi connectivity index (χ1n) is 5.37. The van der Waals surface area contributed by atoms with E-state index in [1.165, 1.54) is 6.92 Å². The van der Waals surface area contributed by atoms with Gasteiger partial charge in [-0.05, 0) is 17.2 Å². The average Bonchev–Trinajstić information content (AvgIpc) is 2.35. The van der Waals surface area contributed by atoms with Gasteiger partial charge in [-0.2, -0.15) is 0 Å². The lowest BCUT2D eigenvalue weighted by Crippen LogP contribution is -2.34. The van der Waals surface area contributed by atoms with Gasteiger partial charge in [-0.3, -0.25) is 4.79 Å². The zero-order valence-corrected chi connectivity index (χ0v) is 9.76. The van der Waals surface area contributed by atoms with Crippen LogP contribution in [0.3, 0.4) is 0 Å². The van der Waals surface area contributed by atoms with Crippen LogP contribution < -0.4 is 5.32 Å². The van der Waals surface area contributed by atoms with Gasteiger partial charge in [0.05, 0.1) is 0 Å². The number of benzene rings is 1. The smallest absolute Gasteiger partial charge is 0.216 e. The minimum absolute atomic E-state index is 0.0226. The number of carbonyl (C=O) groups is 1. The summed E-state index contributed by atoms with van der Waals surface area (Å²) >= 11 is 0. The van der Waals surface area contributed by atoms with Crippen molar-refractivity contribution in [3.8, 4) is 0 Å². The summed E-state index contributed by atoms with van der Waals surface area (Å²) < 4.78 is 0. The van der Waals surface area contributed by atoms with E-state index in [0.717, 1.165) is 5.56 Å². The van der Waals surface area contributed by atoms with Crippen molar-refractivity contribution in [2.24, 2.45) is 0 Å². The van der Waals surface area contributed by atoms with Crippen molar-refractivity contribution in [2.75, 3.05) is 6.54 Å². The number of aliphatic hydroxyl groups excluding tert-OH is 2. The van der Waals surface area contributed by atoms with Gasteiger partial charge in [-0.1, -0.05) is 30.9 Å². The van der Waals surface area contributed by atoms with Crippen LogP contribution in [-0.2, 0) is 4.79 Å². The van der Waals surface area contributed by atoms with Crippen molar-refractivity contribution in [2.45, 2.75) is 19.1 Å². The van der Waals surface area contributed by atoms with Crippen molar-refractivity contribution in [1.29, 1.82) is 0 Å². The Morgan fingerprint density at radius 2 is 2.24 bits per heavy atom. The molecule has 0 bridgehead atoms. The van der Waals surface area contributed by atoms with E-state index in [9.17, 15) is 15.0 Å². The summed E-state index contributed by atoms with van der Waals surface area (Å²) in [5.74, 6) is -0.240. The van der Waals surface area contributed by atoms with E-state index in [2.05, 4.69) is 11.9 Å². The second-order valence-corrected chi connectivity index (χ2v) is 3.82. The summed E-state index contributed by atoms with van der Waals surface area (Å²) in [6.45, 7) is 5.02. The number of hydrogen-bond donors (Lipinski definition) is 3. The monoisotopic (exact) mass is 235 g/mol. The van der Waals surface area contributed by atoms with Crippen molar-refractivity contribution in [3.05, 3.63) is 42.0 Å². The quantitative estimate of drug-likeness (QED) is 0.709. The maximum Gasteiger partial charge on any atom is 0.216 e. The summed E-state index contributed by atoms with van der Waals surface area (Å²) in [5.41, 5.74) is 1.47. The fourth-order valence-corrected chi connectivity index (χ4v) is 1.45. The van der Waals surface area contributed by atoms with E-state index in [4.69, 9.17) is 0 Å². The molecule has 4 heteroatoms. The molecule has 1 aromatic rings. The van der Waals surface area contributed by atoms with Crippen molar-refractivity contribution in [1.82, 2.24) is 5.32 Å². The normalized spacial score (nSPS) is 13.8. The Labute approximate surface area is 101 Å². The molecule has 2 atom stereocenters. The van der Waals surface area contributed by atoms with E-state index < -0.39 is 12.2 Å². The molecule has 0 aliphatic rings. The maximum atomic E-state index is 10.7. The summed E-state index contributed by atoms with van der Waals surface area (Å²) in [6.07, 6.45) is -0.392. The van der Waals surface area contributed by atoms with Crippen LogP contribution in [0.1, 0.15) is 24.2 Å². The van der Waals surface area contributed by atoms with Gasteiger partial charge in [0.1, 0.15) is 12.2 Å². The molecule has 0 spiro atoms. The van der Waals surface area contributed by atoms with Gasteiger partial charge < -0.3 is 15.5 Å². The second kappa shape index (κ2) is 6.18. The Morgan fingerprint density at radius 1 is 1.53 bits per heavy atom. The summed E-state index contributed by atoms with van der Waals surface area (Å²) in [5, 5.41) is 22.0. The number of nitrogens with one attached hydrogen (secondary N) is 1. The highest BCUT2D eigenvalue weighted by Gasteiger charge is 2.18. The predicted molar refractivity (Wildman–Crippen MR) is 66.2 cm³/mol. The fourth-order valence-electron chi connectivity index (χ4n) is 1.45. The first-order valence-corrected chi connectivity index (χ1v) is 5.37. The topological polar surface area (TPSA) is 69.6 Å². The zero-order valence-electron chi connectivity index (χ0n) is 9.76. The third kappa shape index (κ3) is 4.01. The molecule has 0 saturated carbocycles. The first kappa shape index (κ1) is 13.4. The standard InChI is InChI=1S/C13H17NO3/c1-3-10-5-4-6-11(7-10)13(17)12(16)8-14-9(2)15/h3-7,12-13,16-17H,1,8H2,2H3,(H,14,15). The summed E-state index contributed by atoms with van der Waals surface area (Å²) in [4.78, 5) is 10.7. The molecule has 0 aromatic heterocycles. The lowest BCUT2D eigenvalue weighted by molar-refractivity contribution is -0.119. The van der Waals surface area contributed by atoms with Crippen LogP contribution in [0.25, 0.3) is 6.08 Å². The van der Waals surface area contributed by atoms with Crippen molar-refractivity contribution < 1.29 is 15.0 Å². The van der Waals surface area contributed by atoms with E-state index in [0.29, 0.717) is 5.56 Å². The minimum Gasteiger partial charge on any atom is -0.388 e. The van der Waals surface area contributed by atoms with E-state index in [-0.39, 0.29) is 12.5 Å². The number of amides is 1. The largest absolute Gasteiger partial charge is 0.388 e. The molecule has 0 heterocycles.